The zero-order valence-electron chi connectivity index (χ0n) is 12.0. The van der Waals surface area contributed by atoms with Crippen LogP contribution >= 0.6 is 34.8 Å². The molecule has 0 N–H and O–H groups in total. The molecule has 2 aliphatic heterocycles. The van der Waals surface area contributed by atoms with Crippen molar-refractivity contribution in [3.05, 3.63) is 0 Å². The summed E-state index contributed by atoms with van der Waals surface area (Å²) < 4.78 is 37.8. The summed E-state index contributed by atoms with van der Waals surface area (Å²) in [5, 5.41) is 0. The standard InChI is InChI=1S/C12H14Cl3FO7/c1-4(17)19-3-6-7-8(23-11(22-7)12(13,14)15)9(10(16)21-6)20-5(2)18/h6-11H,3H2,1-2H3/t6-,7-,8-,9+,10+,11+/m1/s1. The van der Waals surface area contributed by atoms with Gasteiger partial charge in [-0.3, -0.25) is 9.59 Å². The summed E-state index contributed by atoms with van der Waals surface area (Å²) in [4.78, 5) is 22.0. The van der Waals surface area contributed by atoms with Crippen LogP contribution < -0.4 is 0 Å². The second-order valence-electron chi connectivity index (χ2n) is 4.98. The van der Waals surface area contributed by atoms with E-state index in [0.29, 0.717) is 0 Å². The van der Waals surface area contributed by atoms with E-state index in [9.17, 15) is 14.0 Å². The number of halogens is 4. The number of hydrogen-bond acceptors (Lipinski definition) is 7. The molecule has 132 valence electrons. The van der Waals surface area contributed by atoms with Gasteiger partial charge in [-0.2, -0.15) is 0 Å². The summed E-state index contributed by atoms with van der Waals surface area (Å²) in [6, 6.07) is 0. The SMILES string of the molecule is CC(=O)OC[C@H]1O[C@H](F)[C@@H](OC(C)=O)[C@@H]2O[C@@H](C(Cl)(Cl)Cl)O[C@@H]21. The number of carbonyl (C=O) groups excluding carboxylic acids is 2. The monoisotopic (exact) mass is 394 g/mol. The molecule has 0 bridgehead atoms. The Balaban J connectivity index is 2.18. The summed E-state index contributed by atoms with van der Waals surface area (Å²) in [7, 11) is 0. The lowest BCUT2D eigenvalue weighted by Gasteiger charge is -2.37. The Morgan fingerprint density at radius 3 is 2.22 bits per heavy atom. The van der Waals surface area contributed by atoms with Gasteiger partial charge in [0.2, 0.25) is 16.4 Å². The third kappa shape index (κ3) is 4.58. The number of fused-ring (bicyclic) bond motifs is 1. The van der Waals surface area contributed by atoms with E-state index in [1.165, 1.54) is 6.92 Å². The minimum atomic E-state index is -2.02. The van der Waals surface area contributed by atoms with Crippen LogP contribution in [0.15, 0.2) is 0 Å². The van der Waals surface area contributed by atoms with Gasteiger partial charge in [-0.05, 0) is 0 Å². The van der Waals surface area contributed by atoms with E-state index in [1.807, 2.05) is 0 Å². The molecule has 11 heteroatoms. The third-order valence-electron chi connectivity index (χ3n) is 3.16. The zero-order chi connectivity index (χ0) is 17.4. The molecule has 0 aromatic heterocycles. The van der Waals surface area contributed by atoms with Crippen molar-refractivity contribution in [2.24, 2.45) is 0 Å². The predicted octanol–water partition coefficient (Wildman–Crippen LogP) is 1.66. The van der Waals surface area contributed by atoms with E-state index < -0.39 is 52.8 Å². The van der Waals surface area contributed by atoms with Crippen molar-refractivity contribution >= 4 is 46.7 Å². The Kier molecular flexibility index (Phi) is 5.97. The number of rotatable bonds is 3. The fraction of sp³-hybridized carbons (Fsp3) is 0.833. The fourth-order valence-corrected chi connectivity index (χ4v) is 2.62. The molecule has 0 aromatic rings. The highest BCUT2D eigenvalue weighted by atomic mass is 35.6. The highest BCUT2D eigenvalue weighted by Crippen LogP contribution is 2.43. The van der Waals surface area contributed by atoms with E-state index in [4.69, 9.17) is 58.5 Å². The van der Waals surface area contributed by atoms with Crippen LogP contribution in [0.2, 0.25) is 0 Å². The Morgan fingerprint density at radius 1 is 1.09 bits per heavy atom. The minimum Gasteiger partial charge on any atom is -0.463 e. The Hall–Kier alpha value is -0.380. The summed E-state index contributed by atoms with van der Waals surface area (Å²) in [6.07, 6.45) is -7.78. The summed E-state index contributed by atoms with van der Waals surface area (Å²) in [5.41, 5.74) is 0. The molecule has 0 aliphatic carbocycles. The molecular formula is C12H14Cl3FO7. The zero-order valence-corrected chi connectivity index (χ0v) is 14.3. The van der Waals surface area contributed by atoms with Crippen molar-refractivity contribution in [1.82, 2.24) is 0 Å². The number of ether oxygens (including phenoxy) is 5. The van der Waals surface area contributed by atoms with Crippen molar-refractivity contribution in [1.29, 1.82) is 0 Å². The van der Waals surface area contributed by atoms with Gasteiger partial charge in [-0.15, -0.1) is 0 Å². The van der Waals surface area contributed by atoms with Crippen LogP contribution in [0.4, 0.5) is 4.39 Å². The molecule has 0 amide bonds. The first-order valence-electron chi connectivity index (χ1n) is 6.57. The maximum absolute atomic E-state index is 14.2. The van der Waals surface area contributed by atoms with Crippen molar-refractivity contribution in [2.75, 3.05) is 6.61 Å². The second kappa shape index (κ2) is 7.25. The average molecular weight is 396 g/mol. The van der Waals surface area contributed by atoms with Gasteiger partial charge in [0.15, 0.2) is 6.10 Å². The minimum absolute atomic E-state index is 0.292. The molecule has 2 rings (SSSR count). The van der Waals surface area contributed by atoms with E-state index in [2.05, 4.69) is 0 Å². The molecule has 7 nitrogen and oxygen atoms in total. The molecule has 0 aromatic carbocycles. The normalized spacial score (nSPS) is 37.1. The Morgan fingerprint density at radius 2 is 1.70 bits per heavy atom. The van der Waals surface area contributed by atoms with E-state index in [1.54, 1.807) is 0 Å². The van der Waals surface area contributed by atoms with Crippen LogP contribution in [0, 0.1) is 0 Å². The highest BCUT2D eigenvalue weighted by Gasteiger charge is 2.58. The van der Waals surface area contributed by atoms with Crippen molar-refractivity contribution in [3.63, 3.8) is 0 Å². The third-order valence-corrected chi connectivity index (χ3v) is 3.69. The van der Waals surface area contributed by atoms with E-state index in [0.717, 1.165) is 6.92 Å². The highest BCUT2D eigenvalue weighted by molar-refractivity contribution is 6.67. The number of esters is 2. The van der Waals surface area contributed by atoms with Gasteiger partial charge < -0.3 is 23.7 Å². The first kappa shape index (κ1) is 19.0. The number of alkyl halides is 4. The molecule has 6 atom stereocenters. The largest absolute Gasteiger partial charge is 0.463 e. The first-order valence-corrected chi connectivity index (χ1v) is 7.70. The van der Waals surface area contributed by atoms with Gasteiger partial charge >= 0.3 is 11.9 Å². The van der Waals surface area contributed by atoms with Crippen LogP contribution in [0.1, 0.15) is 13.8 Å². The molecule has 0 spiro atoms. The van der Waals surface area contributed by atoms with Crippen LogP contribution in [0.5, 0.6) is 0 Å². The smallest absolute Gasteiger partial charge is 0.303 e. The van der Waals surface area contributed by atoms with Gasteiger partial charge in [0.1, 0.15) is 24.9 Å². The van der Waals surface area contributed by atoms with Gasteiger partial charge in [-0.1, -0.05) is 34.8 Å². The summed E-state index contributed by atoms with van der Waals surface area (Å²) in [5.74, 6) is -1.32. The van der Waals surface area contributed by atoms with Crippen LogP contribution in [-0.4, -0.2) is 59.4 Å². The lowest BCUT2D eigenvalue weighted by atomic mass is 9.99. The molecule has 2 aliphatic rings. The molecule has 0 saturated carbocycles. The molecule has 23 heavy (non-hydrogen) atoms. The molecule has 2 saturated heterocycles. The van der Waals surface area contributed by atoms with E-state index in [-0.39, 0.29) is 6.61 Å². The molecule has 2 fully saturated rings. The summed E-state index contributed by atoms with van der Waals surface area (Å²) in [6.45, 7) is 2.00. The maximum Gasteiger partial charge on any atom is 0.303 e. The van der Waals surface area contributed by atoms with Crippen molar-refractivity contribution < 1.29 is 37.7 Å². The van der Waals surface area contributed by atoms with Crippen LogP contribution in [0.25, 0.3) is 0 Å². The lowest BCUT2D eigenvalue weighted by Crippen LogP contribution is -2.57. The van der Waals surface area contributed by atoms with E-state index >= 15 is 0 Å². The number of hydrogen-bond donors (Lipinski definition) is 0. The number of carbonyl (C=O) groups is 2. The first-order chi connectivity index (χ1) is 10.6. The molecular weight excluding hydrogens is 381 g/mol. The molecule has 2 heterocycles. The molecule has 0 unspecified atom stereocenters. The Labute approximate surface area is 146 Å². The van der Waals surface area contributed by atoms with Crippen LogP contribution in [-0.2, 0) is 33.3 Å². The van der Waals surface area contributed by atoms with Gasteiger partial charge in [0.05, 0.1) is 0 Å². The van der Waals surface area contributed by atoms with Gasteiger partial charge in [-0.25, -0.2) is 4.39 Å². The van der Waals surface area contributed by atoms with Gasteiger partial charge in [0.25, 0.3) is 0 Å². The Bertz CT molecular complexity index is 472. The predicted molar refractivity (Wildman–Crippen MR) is 75.8 cm³/mol. The van der Waals surface area contributed by atoms with Gasteiger partial charge in [0, 0.05) is 13.8 Å². The lowest BCUT2D eigenvalue weighted by molar-refractivity contribution is -0.246. The van der Waals surface area contributed by atoms with Crippen molar-refractivity contribution in [2.45, 2.75) is 54.7 Å². The van der Waals surface area contributed by atoms with Crippen molar-refractivity contribution in [3.8, 4) is 0 Å². The average Bonchev–Trinajstić information content (AvgIpc) is 2.84. The van der Waals surface area contributed by atoms with Crippen LogP contribution in [0.3, 0.4) is 0 Å². The molecule has 0 radical (unpaired) electrons. The quantitative estimate of drug-likeness (QED) is 0.531. The topological polar surface area (TPSA) is 80.3 Å². The maximum atomic E-state index is 14.2. The second-order valence-corrected chi connectivity index (χ2v) is 7.35. The fourth-order valence-electron chi connectivity index (χ4n) is 2.31. The summed E-state index contributed by atoms with van der Waals surface area (Å²) >= 11 is 17.2.